The quantitative estimate of drug-likeness (QED) is 0.371. The van der Waals surface area contributed by atoms with Gasteiger partial charge in [-0.05, 0) is 0 Å². The van der Waals surface area contributed by atoms with E-state index in [9.17, 15) is 0 Å². The van der Waals surface area contributed by atoms with Crippen LogP contribution < -0.4 is 11.6 Å². The molecule has 1 rings (SSSR count). The topological polar surface area (TPSA) is 83.0 Å². The molecule has 1 saturated heterocycles. The van der Waals surface area contributed by atoms with Gasteiger partial charge in [0.25, 0.3) is 0 Å². The van der Waals surface area contributed by atoms with Gasteiger partial charge in [-0.2, -0.15) is 0 Å². The highest BCUT2D eigenvalue weighted by molar-refractivity contribution is 4.69. The summed E-state index contributed by atoms with van der Waals surface area (Å²) >= 11 is 0. The van der Waals surface area contributed by atoms with Crippen LogP contribution in [0.15, 0.2) is 0 Å². The molecule has 0 radical (unpaired) electrons. The van der Waals surface area contributed by atoms with Crippen LogP contribution in [0.4, 0.5) is 0 Å². The number of epoxide rings is 1. The van der Waals surface area contributed by atoms with Crippen molar-refractivity contribution in [3.05, 3.63) is 0 Å². The summed E-state index contributed by atoms with van der Waals surface area (Å²) in [5.41, 5.74) is 5.36. The molecule has 2 unspecified atom stereocenters. The second-order valence-electron chi connectivity index (χ2n) is 2.48. The molecule has 0 saturated carbocycles. The molecule has 0 amide bonds. The lowest BCUT2D eigenvalue weighted by molar-refractivity contribution is -0.0171. The van der Waals surface area contributed by atoms with Crippen LogP contribution in [0.25, 0.3) is 0 Å². The first-order valence-electron chi connectivity index (χ1n) is 3.61. The van der Waals surface area contributed by atoms with Crippen molar-refractivity contribution in [1.82, 2.24) is 0 Å². The van der Waals surface area contributed by atoms with E-state index in [0.29, 0.717) is 19.8 Å². The van der Waals surface area contributed by atoms with E-state index in [1.54, 1.807) is 0 Å². The Labute approximate surface area is 65.5 Å². The molecule has 0 bridgehead atoms. The van der Waals surface area contributed by atoms with Crippen LogP contribution in [0.5, 0.6) is 0 Å². The second kappa shape index (κ2) is 4.63. The van der Waals surface area contributed by atoms with Crippen molar-refractivity contribution < 1.29 is 14.3 Å². The Morgan fingerprint density at radius 1 is 1.64 bits per heavy atom. The minimum atomic E-state index is -0.107. The first-order chi connectivity index (χ1) is 5.36. The van der Waals surface area contributed by atoms with E-state index < -0.39 is 0 Å². The third-order valence-electron chi connectivity index (χ3n) is 1.47. The van der Waals surface area contributed by atoms with Gasteiger partial charge in [-0.25, -0.2) is 5.90 Å². The molecule has 5 nitrogen and oxygen atoms in total. The van der Waals surface area contributed by atoms with E-state index in [4.69, 9.17) is 21.1 Å². The van der Waals surface area contributed by atoms with E-state index in [0.717, 1.165) is 6.61 Å². The lowest BCUT2D eigenvalue weighted by Crippen LogP contribution is -2.31. The molecule has 0 spiro atoms. The summed E-state index contributed by atoms with van der Waals surface area (Å²) in [4.78, 5) is 4.40. The maximum atomic E-state index is 5.36. The zero-order valence-corrected chi connectivity index (χ0v) is 6.36. The van der Waals surface area contributed by atoms with Crippen molar-refractivity contribution in [3.8, 4) is 0 Å². The summed E-state index contributed by atoms with van der Waals surface area (Å²) in [6, 6.07) is 0. The number of hydrogen-bond acceptors (Lipinski definition) is 5. The van der Waals surface area contributed by atoms with Gasteiger partial charge in [0, 0.05) is 6.54 Å². The van der Waals surface area contributed by atoms with E-state index in [1.165, 1.54) is 0 Å². The molecule has 11 heavy (non-hydrogen) atoms. The first kappa shape index (κ1) is 8.89. The fraction of sp³-hybridized carbons (Fsp3) is 1.00. The normalized spacial score (nSPS) is 25.1. The van der Waals surface area contributed by atoms with Crippen LogP contribution >= 0.6 is 0 Å². The van der Waals surface area contributed by atoms with Crippen LogP contribution in [0.2, 0.25) is 0 Å². The van der Waals surface area contributed by atoms with Gasteiger partial charge < -0.3 is 20.0 Å². The maximum absolute atomic E-state index is 5.36. The third-order valence-corrected chi connectivity index (χ3v) is 1.47. The van der Waals surface area contributed by atoms with Crippen molar-refractivity contribution in [1.29, 1.82) is 0 Å². The van der Waals surface area contributed by atoms with Crippen molar-refractivity contribution in [3.63, 3.8) is 0 Å². The molecule has 1 aliphatic rings. The Kier molecular flexibility index (Phi) is 3.74. The van der Waals surface area contributed by atoms with E-state index in [1.807, 2.05) is 0 Å². The number of rotatable bonds is 6. The Balaban J connectivity index is 1.98. The predicted octanol–water partition coefficient (Wildman–Crippen LogP) is -1.38. The molecule has 0 aromatic carbocycles. The SMILES string of the molecule is NCC(CON)OCC1CO1. The smallest absolute Gasteiger partial charge is 0.104 e. The van der Waals surface area contributed by atoms with Crippen LogP contribution in [0, 0.1) is 0 Å². The second-order valence-corrected chi connectivity index (χ2v) is 2.48. The van der Waals surface area contributed by atoms with Gasteiger partial charge in [0.2, 0.25) is 0 Å². The van der Waals surface area contributed by atoms with Crippen molar-refractivity contribution >= 4 is 0 Å². The molecule has 0 aromatic heterocycles. The lowest BCUT2D eigenvalue weighted by Gasteiger charge is -2.12. The van der Waals surface area contributed by atoms with Crippen molar-refractivity contribution in [2.75, 3.05) is 26.4 Å². The van der Waals surface area contributed by atoms with Gasteiger partial charge in [0.15, 0.2) is 0 Å². The molecule has 1 heterocycles. The molecule has 0 aliphatic carbocycles. The van der Waals surface area contributed by atoms with Gasteiger partial charge in [-0.3, -0.25) is 0 Å². The van der Waals surface area contributed by atoms with Gasteiger partial charge in [0.05, 0.1) is 25.9 Å². The average Bonchev–Trinajstić information content (AvgIpc) is 2.81. The standard InChI is InChI=1S/C6H14N2O3/c7-1-5(4-11-8)9-2-6-3-10-6/h5-6H,1-4,7-8H2. The molecule has 2 atom stereocenters. The van der Waals surface area contributed by atoms with E-state index in [2.05, 4.69) is 4.84 Å². The summed E-state index contributed by atoms with van der Waals surface area (Å²) in [7, 11) is 0. The Hall–Kier alpha value is -0.200. The minimum absolute atomic E-state index is 0.107. The fourth-order valence-electron chi connectivity index (χ4n) is 0.699. The van der Waals surface area contributed by atoms with Crippen LogP contribution in [-0.4, -0.2) is 38.6 Å². The molecule has 1 fully saturated rings. The van der Waals surface area contributed by atoms with Crippen LogP contribution in [0.1, 0.15) is 0 Å². The molecular formula is C6H14N2O3. The van der Waals surface area contributed by atoms with Crippen LogP contribution in [0.3, 0.4) is 0 Å². The molecule has 1 aliphatic heterocycles. The number of nitrogens with two attached hydrogens (primary N) is 2. The van der Waals surface area contributed by atoms with Gasteiger partial charge in [-0.15, -0.1) is 0 Å². The third kappa shape index (κ3) is 3.64. The first-order valence-corrected chi connectivity index (χ1v) is 3.61. The zero-order valence-electron chi connectivity index (χ0n) is 6.36. The highest BCUT2D eigenvalue weighted by Gasteiger charge is 2.23. The summed E-state index contributed by atoms with van der Waals surface area (Å²) in [5, 5.41) is 0. The van der Waals surface area contributed by atoms with Gasteiger partial charge >= 0.3 is 0 Å². The number of hydrogen-bond donors (Lipinski definition) is 2. The van der Waals surface area contributed by atoms with E-state index >= 15 is 0 Å². The molecule has 66 valence electrons. The summed E-state index contributed by atoms with van der Waals surface area (Å²) < 4.78 is 10.2. The molecule has 5 heteroatoms. The summed E-state index contributed by atoms with van der Waals surface area (Å²) in [5.74, 6) is 4.86. The zero-order chi connectivity index (χ0) is 8.10. The maximum Gasteiger partial charge on any atom is 0.104 e. The van der Waals surface area contributed by atoms with Crippen molar-refractivity contribution in [2.45, 2.75) is 12.2 Å². The minimum Gasteiger partial charge on any atom is -0.372 e. The Morgan fingerprint density at radius 2 is 2.36 bits per heavy atom. The Morgan fingerprint density at radius 3 is 2.82 bits per heavy atom. The summed E-state index contributed by atoms with van der Waals surface area (Å²) in [6.45, 7) is 2.14. The monoisotopic (exact) mass is 162 g/mol. The molecule has 0 aromatic rings. The fourth-order valence-corrected chi connectivity index (χ4v) is 0.699. The highest BCUT2D eigenvalue weighted by Crippen LogP contribution is 2.09. The largest absolute Gasteiger partial charge is 0.372 e. The predicted molar refractivity (Wildman–Crippen MR) is 38.7 cm³/mol. The van der Waals surface area contributed by atoms with Crippen molar-refractivity contribution in [2.24, 2.45) is 11.6 Å². The lowest BCUT2D eigenvalue weighted by atomic mass is 10.4. The van der Waals surface area contributed by atoms with Crippen LogP contribution in [-0.2, 0) is 14.3 Å². The summed E-state index contributed by atoms with van der Waals surface area (Å²) in [6.07, 6.45) is 0.158. The highest BCUT2D eigenvalue weighted by atomic mass is 16.6. The average molecular weight is 162 g/mol. The van der Waals surface area contributed by atoms with Gasteiger partial charge in [-0.1, -0.05) is 0 Å². The Bertz CT molecular complexity index is 108. The van der Waals surface area contributed by atoms with Gasteiger partial charge in [0.1, 0.15) is 6.10 Å². The number of ether oxygens (including phenoxy) is 2. The molecular weight excluding hydrogens is 148 g/mol. The van der Waals surface area contributed by atoms with E-state index in [-0.39, 0.29) is 12.2 Å². The molecule has 4 N–H and O–H groups in total.